The van der Waals surface area contributed by atoms with Crippen LogP contribution in [0.1, 0.15) is 33.1 Å². The standard InChI is InChI=1S/C11H22N2O2/c1-3-4-6-12-11(15)13-7-5-9(2)10(13)8-14/h9-10,14H,3-8H2,1-2H3,(H,12,15). The van der Waals surface area contributed by atoms with Gasteiger partial charge in [0.15, 0.2) is 0 Å². The third-order valence-corrected chi connectivity index (χ3v) is 3.14. The van der Waals surface area contributed by atoms with Crippen LogP contribution >= 0.6 is 0 Å². The fourth-order valence-corrected chi connectivity index (χ4v) is 2.01. The van der Waals surface area contributed by atoms with Gasteiger partial charge in [-0.25, -0.2) is 4.79 Å². The van der Waals surface area contributed by atoms with E-state index in [-0.39, 0.29) is 18.7 Å². The molecule has 2 atom stereocenters. The first-order chi connectivity index (χ1) is 7.20. The summed E-state index contributed by atoms with van der Waals surface area (Å²) in [6.45, 7) is 5.76. The summed E-state index contributed by atoms with van der Waals surface area (Å²) in [5.41, 5.74) is 0. The molecule has 0 bridgehead atoms. The summed E-state index contributed by atoms with van der Waals surface area (Å²) in [5.74, 6) is 0.409. The van der Waals surface area contributed by atoms with Gasteiger partial charge >= 0.3 is 6.03 Å². The smallest absolute Gasteiger partial charge is 0.317 e. The van der Waals surface area contributed by atoms with Gasteiger partial charge in [-0.1, -0.05) is 20.3 Å². The van der Waals surface area contributed by atoms with E-state index in [9.17, 15) is 9.90 Å². The van der Waals surface area contributed by atoms with Gasteiger partial charge in [-0.05, 0) is 18.8 Å². The molecule has 1 heterocycles. The number of unbranched alkanes of at least 4 members (excludes halogenated alkanes) is 1. The monoisotopic (exact) mass is 214 g/mol. The maximum absolute atomic E-state index is 11.7. The molecule has 0 aromatic carbocycles. The van der Waals surface area contributed by atoms with Crippen LogP contribution in [0.2, 0.25) is 0 Å². The first-order valence-electron chi connectivity index (χ1n) is 5.86. The number of likely N-dealkylation sites (tertiary alicyclic amines) is 1. The van der Waals surface area contributed by atoms with E-state index in [2.05, 4.69) is 19.2 Å². The van der Waals surface area contributed by atoms with Gasteiger partial charge in [0.05, 0.1) is 12.6 Å². The van der Waals surface area contributed by atoms with Crippen LogP contribution in [-0.2, 0) is 0 Å². The largest absolute Gasteiger partial charge is 0.394 e. The number of hydrogen-bond acceptors (Lipinski definition) is 2. The number of rotatable bonds is 4. The van der Waals surface area contributed by atoms with Crippen LogP contribution in [-0.4, -0.2) is 41.8 Å². The van der Waals surface area contributed by atoms with Gasteiger partial charge in [0, 0.05) is 13.1 Å². The normalized spacial score (nSPS) is 25.7. The third-order valence-electron chi connectivity index (χ3n) is 3.14. The number of aliphatic hydroxyl groups is 1. The molecule has 88 valence electrons. The molecule has 1 aliphatic heterocycles. The molecule has 1 fully saturated rings. The summed E-state index contributed by atoms with van der Waals surface area (Å²) in [4.78, 5) is 13.5. The number of aliphatic hydroxyl groups excluding tert-OH is 1. The van der Waals surface area contributed by atoms with Crippen molar-refractivity contribution in [1.29, 1.82) is 0 Å². The summed E-state index contributed by atoms with van der Waals surface area (Å²) in [5, 5.41) is 12.1. The number of carbonyl (C=O) groups excluding carboxylic acids is 1. The predicted molar refractivity (Wildman–Crippen MR) is 59.7 cm³/mol. The van der Waals surface area contributed by atoms with E-state index in [4.69, 9.17) is 0 Å². The zero-order valence-corrected chi connectivity index (χ0v) is 9.70. The van der Waals surface area contributed by atoms with Crippen molar-refractivity contribution in [3.8, 4) is 0 Å². The number of amides is 2. The topological polar surface area (TPSA) is 52.6 Å². The third kappa shape index (κ3) is 3.09. The van der Waals surface area contributed by atoms with Gasteiger partial charge < -0.3 is 15.3 Å². The van der Waals surface area contributed by atoms with Crippen molar-refractivity contribution in [2.75, 3.05) is 19.7 Å². The van der Waals surface area contributed by atoms with E-state index in [0.717, 1.165) is 32.4 Å². The lowest BCUT2D eigenvalue weighted by Gasteiger charge is -2.25. The van der Waals surface area contributed by atoms with Crippen molar-refractivity contribution in [1.82, 2.24) is 10.2 Å². The number of carbonyl (C=O) groups is 1. The lowest BCUT2D eigenvalue weighted by atomic mass is 10.0. The molecule has 2 N–H and O–H groups in total. The van der Waals surface area contributed by atoms with Crippen LogP contribution in [0.4, 0.5) is 4.79 Å². The quantitative estimate of drug-likeness (QED) is 0.691. The Hall–Kier alpha value is -0.770. The average molecular weight is 214 g/mol. The van der Waals surface area contributed by atoms with Crippen molar-refractivity contribution in [3.63, 3.8) is 0 Å². The molecular weight excluding hydrogens is 192 g/mol. The van der Waals surface area contributed by atoms with E-state index in [1.807, 2.05) is 0 Å². The molecule has 1 rings (SSSR count). The van der Waals surface area contributed by atoms with Crippen molar-refractivity contribution < 1.29 is 9.90 Å². The Labute approximate surface area is 91.6 Å². The highest BCUT2D eigenvalue weighted by Gasteiger charge is 2.33. The molecule has 2 unspecified atom stereocenters. The van der Waals surface area contributed by atoms with Gasteiger partial charge in [0.2, 0.25) is 0 Å². The Morgan fingerprint density at radius 3 is 2.93 bits per heavy atom. The highest BCUT2D eigenvalue weighted by Crippen LogP contribution is 2.23. The van der Waals surface area contributed by atoms with Crippen LogP contribution in [0.5, 0.6) is 0 Å². The molecule has 2 amide bonds. The maximum atomic E-state index is 11.7. The van der Waals surface area contributed by atoms with Gasteiger partial charge in [-0.3, -0.25) is 0 Å². The fourth-order valence-electron chi connectivity index (χ4n) is 2.01. The number of nitrogens with zero attached hydrogens (tertiary/aromatic N) is 1. The van der Waals surface area contributed by atoms with E-state index in [1.165, 1.54) is 0 Å². The van der Waals surface area contributed by atoms with Gasteiger partial charge in [-0.15, -0.1) is 0 Å². The first kappa shape index (κ1) is 12.3. The molecular formula is C11H22N2O2. The van der Waals surface area contributed by atoms with Gasteiger partial charge in [0.1, 0.15) is 0 Å². The Morgan fingerprint density at radius 1 is 1.60 bits per heavy atom. The second-order valence-corrected chi connectivity index (χ2v) is 4.29. The predicted octanol–water partition coefficient (Wildman–Crippen LogP) is 1.20. The molecule has 4 nitrogen and oxygen atoms in total. The molecule has 0 aliphatic carbocycles. The minimum atomic E-state index is -0.0214. The molecule has 0 spiro atoms. The molecule has 4 heteroatoms. The number of urea groups is 1. The molecule has 0 radical (unpaired) electrons. The molecule has 15 heavy (non-hydrogen) atoms. The van der Waals surface area contributed by atoms with Crippen LogP contribution in [0.3, 0.4) is 0 Å². The van der Waals surface area contributed by atoms with Crippen LogP contribution < -0.4 is 5.32 Å². The SMILES string of the molecule is CCCCNC(=O)N1CCC(C)C1CO. The van der Waals surface area contributed by atoms with Gasteiger partial charge in [-0.2, -0.15) is 0 Å². The lowest BCUT2D eigenvalue weighted by molar-refractivity contribution is 0.144. The first-order valence-corrected chi connectivity index (χ1v) is 5.86. The lowest BCUT2D eigenvalue weighted by Crippen LogP contribution is -2.45. The van der Waals surface area contributed by atoms with E-state index < -0.39 is 0 Å². The number of nitrogens with one attached hydrogen (secondary N) is 1. The minimum Gasteiger partial charge on any atom is -0.394 e. The Balaban J connectivity index is 2.38. The highest BCUT2D eigenvalue weighted by molar-refractivity contribution is 5.74. The van der Waals surface area contributed by atoms with E-state index in [1.54, 1.807) is 4.90 Å². The molecule has 0 aromatic rings. The molecule has 0 aromatic heterocycles. The van der Waals surface area contributed by atoms with Crippen LogP contribution in [0.15, 0.2) is 0 Å². The van der Waals surface area contributed by atoms with Crippen LogP contribution in [0.25, 0.3) is 0 Å². The van der Waals surface area contributed by atoms with Crippen molar-refractivity contribution in [3.05, 3.63) is 0 Å². The zero-order valence-electron chi connectivity index (χ0n) is 9.70. The highest BCUT2D eigenvalue weighted by atomic mass is 16.3. The maximum Gasteiger partial charge on any atom is 0.317 e. The summed E-state index contributed by atoms with van der Waals surface area (Å²) in [7, 11) is 0. The minimum absolute atomic E-state index is 0.00614. The van der Waals surface area contributed by atoms with E-state index >= 15 is 0 Å². The van der Waals surface area contributed by atoms with Crippen molar-refractivity contribution >= 4 is 6.03 Å². The average Bonchev–Trinajstić information content (AvgIpc) is 2.59. The second-order valence-electron chi connectivity index (χ2n) is 4.29. The Morgan fingerprint density at radius 2 is 2.33 bits per heavy atom. The summed E-state index contributed by atoms with van der Waals surface area (Å²) in [6, 6.07) is -0.0153. The zero-order chi connectivity index (χ0) is 11.3. The fraction of sp³-hybridized carbons (Fsp3) is 0.909. The Kier molecular flexibility index (Phi) is 4.88. The summed E-state index contributed by atoms with van der Waals surface area (Å²) < 4.78 is 0. The summed E-state index contributed by atoms with van der Waals surface area (Å²) in [6.07, 6.45) is 3.09. The van der Waals surface area contributed by atoms with Crippen molar-refractivity contribution in [2.24, 2.45) is 5.92 Å². The summed E-state index contributed by atoms with van der Waals surface area (Å²) >= 11 is 0. The second kappa shape index (κ2) is 5.95. The molecule has 1 saturated heterocycles. The van der Waals surface area contributed by atoms with E-state index in [0.29, 0.717) is 5.92 Å². The van der Waals surface area contributed by atoms with Crippen LogP contribution in [0, 0.1) is 5.92 Å². The Bertz CT molecular complexity index is 209. The number of hydrogen-bond donors (Lipinski definition) is 2. The molecule has 1 aliphatic rings. The van der Waals surface area contributed by atoms with Gasteiger partial charge in [0.25, 0.3) is 0 Å². The van der Waals surface area contributed by atoms with Crippen molar-refractivity contribution in [2.45, 2.75) is 39.2 Å². The molecule has 0 saturated carbocycles.